The van der Waals surface area contributed by atoms with Gasteiger partial charge in [0, 0.05) is 5.70 Å². The molecule has 35 heavy (non-hydrogen) atoms. The van der Waals surface area contributed by atoms with Crippen molar-refractivity contribution in [3.05, 3.63) is 76.5 Å². The number of likely N-dealkylation sites (N-methyl/N-ethyl adjacent to an activating group) is 1. The number of carbonyl (C=O) groups excluding carboxylic acids is 1. The van der Waals surface area contributed by atoms with E-state index in [-0.39, 0.29) is 30.5 Å². The zero-order chi connectivity index (χ0) is 25.6. The maximum atomic E-state index is 13.8. The van der Waals surface area contributed by atoms with Crippen LogP contribution in [0.3, 0.4) is 0 Å². The molecule has 11 heteroatoms. The Labute approximate surface area is 201 Å². The fraction of sp³-hybridized carbons (Fsp3) is 0.375. The molecule has 0 bridgehead atoms. The van der Waals surface area contributed by atoms with Crippen molar-refractivity contribution >= 4 is 19.3 Å². The molecule has 0 saturated carbocycles. The molecular formula is C24H28F3N2O5P. The largest absolute Gasteiger partial charge is 0.469 e. The summed E-state index contributed by atoms with van der Waals surface area (Å²) in [7, 11) is -3.43. The number of hydrogen-bond donors (Lipinski definition) is 4. The molecule has 1 unspecified atom stereocenters. The third kappa shape index (κ3) is 8.02. The number of halogens is 3. The molecule has 0 heterocycles. The SMILES string of the molecule is CNC(COP(=O)(O)O)C(=O)NC1=CC(C(F)(F)F)=C(Cc2ccc(C3=CCCC=C3)cc2)CC1. The second-order valence-electron chi connectivity index (χ2n) is 8.31. The van der Waals surface area contributed by atoms with Gasteiger partial charge in [0.25, 0.3) is 0 Å². The van der Waals surface area contributed by atoms with E-state index in [1.54, 1.807) is 0 Å². The molecule has 190 valence electrons. The molecule has 0 radical (unpaired) electrons. The van der Waals surface area contributed by atoms with Crippen molar-refractivity contribution in [1.29, 1.82) is 0 Å². The zero-order valence-electron chi connectivity index (χ0n) is 19.1. The lowest BCUT2D eigenvalue weighted by Gasteiger charge is -2.24. The van der Waals surface area contributed by atoms with Crippen LogP contribution in [0.25, 0.3) is 5.57 Å². The summed E-state index contributed by atoms with van der Waals surface area (Å²) in [4.78, 5) is 30.0. The lowest BCUT2D eigenvalue weighted by atomic mass is 9.89. The summed E-state index contributed by atoms with van der Waals surface area (Å²) in [5.41, 5.74) is 2.39. The van der Waals surface area contributed by atoms with Crippen molar-refractivity contribution in [3.8, 4) is 0 Å². The molecule has 0 aliphatic heterocycles. The summed E-state index contributed by atoms with van der Waals surface area (Å²) in [6, 6.07) is 6.33. The highest BCUT2D eigenvalue weighted by molar-refractivity contribution is 7.46. The average molecular weight is 512 g/mol. The van der Waals surface area contributed by atoms with Crippen LogP contribution in [-0.4, -0.2) is 41.6 Å². The van der Waals surface area contributed by atoms with Crippen LogP contribution in [0.5, 0.6) is 0 Å². The lowest BCUT2D eigenvalue weighted by Crippen LogP contribution is -2.45. The first-order valence-electron chi connectivity index (χ1n) is 11.1. The van der Waals surface area contributed by atoms with Crippen LogP contribution in [0.15, 0.2) is 65.4 Å². The zero-order valence-corrected chi connectivity index (χ0v) is 20.0. The fourth-order valence-corrected chi connectivity index (χ4v) is 4.27. The second kappa shape index (κ2) is 11.5. The first-order chi connectivity index (χ1) is 16.5. The molecule has 2 aliphatic carbocycles. The Morgan fingerprint density at radius 2 is 1.89 bits per heavy atom. The number of hydrogen-bond acceptors (Lipinski definition) is 4. The van der Waals surface area contributed by atoms with Gasteiger partial charge in [0.05, 0.1) is 12.2 Å². The second-order valence-corrected chi connectivity index (χ2v) is 9.55. The monoisotopic (exact) mass is 512 g/mol. The highest BCUT2D eigenvalue weighted by Gasteiger charge is 2.37. The van der Waals surface area contributed by atoms with Gasteiger partial charge < -0.3 is 20.4 Å². The molecule has 3 rings (SSSR count). The van der Waals surface area contributed by atoms with Crippen molar-refractivity contribution in [2.24, 2.45) is 0 Å². The van der Waals surface area contributed by atoms with E-state index in [0.29, 0.717) is 0 Å². The van der Waals surface area contributed by atoms with Gasteiger partial charge in [0.1, 0.15) is 6.04 Å². The maximum absolute atomic E-state index is 13.8. The Hall–Kier alpha value is -2.49. The van der Waals surface area contributed by atoms with E-state index >= 15 is 0 Å². The Morgan fingerprint density at radius 1 is 1.17 bits per heavy atom. The van der Waals surface area contributed by atoms with Crippen LogP contribution in [0, 0.1) is 0 Å². The fourth-order valence-electron chi connectivity index (χ4n) is 3.93. The number of phosphoric ester groups is 1. The first kappa shape index (κ1) is 27.1. The highest BCUT2D eigenvalue weighted by Crippen LogP contribution is 2.37. The van der Waals surface area contributed by atoms with E-state index in [2.05, 4.69) is 27.3 Å². The smallest absolute Gasteiger partial charge is 0.328 e. The quantitative estimate of drug-likeness (QED) is 0.368. The molecule has 1 aromatic rings. The van der Waals surface area contributed by atoms with E-state index in [9.17, 15) is 22.5 Å². The molecule has 1 atom stereocenters. The van der Waals surface area contributed by atoms with Gasteiger partial charge in [0.2, 0.25) is 5.91 Å². The normalized spacial score (nSPS) is 17.7. The standard InChI is InChI=1S/C24H28F3N2O5P/c1-28-22(15-34-35(31,32)33)23(30)29-20-12-11-19(21(14-20)24(25,26)27)13-16-7-9-18(10-8-16)17-5-3-2-4-6-17/h3,5-10,14,22,28H,2,4,11-13,15H2,1H3,(H,29,30)(H2,31,32,33). The molecule has 1 amide bonds. The van der Waals surface area contributed by atoms with Crippen molar-refractivity contribution in [2.75, 3.05) is 13.7 Å². The van der Waals surface area contributed by atoms with Crippen molar-refractivity contribution in [2.45, 2.75) is 44.3 Å². The molecule has 7 nitrogen and oxygen atoms in total. The van der Waals surface area contributed by atoms with Crippen LogP contribution < -0.4 is 10.6 Å². The maximum Gasteiger partial charge on any atom is 0.469 e. The number of allylic oxidation sites excluding steroid dienone is 8. The Morgan fingerprint density at radius 3 is 2.46 bits per heavy atom. The predicted octanol–water partition coefficient (Wildman–Crippen LogP) is 4.31. The minimum Gasteiger partial charge on any atom is -0.328 e. The number of alkyl halides is 3. The van der Waals surface area contributed by atoms with Gasteiger partial charge in [-0.25, -0.2) is 4.57 Å². The van der Waals surface area contributed by atoms with Gasteiger partial charge in [-0.05, 0) is 61.9 Å². The van der Waals surface area contributed by atoms with Gasteiger partial charge in [-0.2, -0.15) is 13.2 Å². The summed E-state index contributed by atoms with van der Waals surface area (Å²) < 4.78 is 56.7. The Balaban J connectivity index is 1.74. The van der Waals surface area contributed by atoms with E-state index in [4.69, 9.17) is 9.79 Å². The van der Waals surface area contributed by atoms with Gasteiger partial charge in [0.15, 0.2) is 0 Å². The summed E-state index contributed by atoms with van der Waals surface area (Å²) >= 11 is 0. The molecular weight excluding hydrogens is 484 g/mol. The van der Waals surface area contributed by atoms with E-state index in [1.165, 1.54) is 7.05 Å². The number of amides is 1. The van der Waals surface area contributed by atoms with Gasteiger partial charge >= 0.3 is 14.0 Å². The van der Waals surface area contributed by atoms with E-state index in [0.717, 1.165) is 35.6 Å². The number of carbonyl (C=O) groups is 1. The highest BCUT2D eigenvalue weighted by atomic mass is 31.2. The van der Waals surface area contributed by atoms with Gasteiger partial charge in [-0.15, -0.1) is 0 Å². The lowest BCUT2D eigenvalue weighted by molar-refractivity contribution is -0.123. The average Bonchev–Trinajstić information content (AvgIpc) is 2.80. The van der Waals surface area contributed by atoms with Crippen LogP contribution in [0.1, 0.15) is 36.8 Å². The molecule has 2 aliphatic rings. The topological polar surface area (TPSA) is 108 Å². The third-order valence-corrected chi connectivity index (χ3v) is 6.24. The molecule has 0 spiro atoms. The van der Waals surface area contributed by atoms with Crippen LogP contribution >= 0.6 is 7.82 Å². The summed E-state index contributed by atoms with van der Waals surface area (Å²) in [5.74, 6) is -0.751. The number of nitrogens with one attached hydrogen (secondary N) is 2. The Kier molecular flexibility index (Phi) is 8.90. The van der Waals surface area contributed by atoms with E-state index in [1.807, 2.05) is 30.3 Å². The predicted molar refractivity (Wildman–Crippen MR) is 126 cm³/mol. The van der Waals surface area contributed by atoms with Crippen molar-refractivity contribution in [1.82, 2.24) is 10.6 Å². The summed E-state index contributed by atoms with van der Waals surface area (Å²) in [6.45, 7) is -0.643. The Bertz CT molecular complexity index is 1100. The molecule has 0 aromatic heterocycles. The first-order valence-corrected chi connectivity index (χ1v) is 12.6. The number of rotatable bonds is 9. The van der Waals surface area contributed by atoms with E-state index < -0.39 is 38.1 Å². The number of phosphoric acid groups is 1. The minimum absolute atomic E-state index is 0.0777. The van der Waals surface area contributed by atoms with Crippen LogP contribution in [0.2, 0.25) is 0 Å². The molecule has 0 saturated heterocycles. The minimum atomic E-state index is -4.80. The summed E-state index contributed by atoms with van der Waals surface area (Å²) in [6.07, 6.45) is 5.00. The van der Waals surface area contributed by atoms with Gasteiger partial charge in [-0.3, -0.25) is 9.32 Å². The molecule has 0 fully saturated rings. The molecule has 4 N–H and O–H groups in total. The number of benzene rings is 1. The van der Waals surface area contributed by atoms with Crippen LogP contribution in [0.4, 0.5) is 13.2 Å². The summed E-state index contributed by atoms with van der Waals surface area (Å²) in [5, 5.41) is 4.94. The van der Waals surface area contributed by atoms with Crippen LogP contribution in [-0.2, 0) is 20.3 Å². The van der Waals surface area contributed by atoms with Crippen molar-refractivity contribution < 1.29 is 36.8 Å². The van der Waals surface area contributed by atoms with Crippen molar-refractivity contribution in [3.63, 3.8) is 0 Å². The third-order valence-electron chi connectivity index (χ3n) is 5.76. The van der Waals surface area contributed by atoms with Gasteiger partial charge in [-0.1, -0.05) is 48.1 Å². The molecule has 1 aromatic carbocycles.